The smallest absolute Gasteiger partial charge is 0.343 e. The second kappa shape index (κ2) is 6.58. The van der Waals surface area contributed by atoms with Crippen molar-refractivity contribution in [2.75, 3.05) is 0 Å². The van der Waals surface area contributed by atoms with Crippen LogP contribution < -0.4 is 10.4 Å². The Hall–Kier alpha value is -3.08. The van der Waals surface area contributed by atoms with Crippen LogP contribution in [0.15, 0.2) is 63.8 Å². The SMILES string of the molecule is Cc1c(O)c(OCc2ccccc2)c(-c2cccc(F)c2)oc1=O. The maximum Gasteiger partial charge on any atom is 0.343 e. The first-order valence-electron chi connectivity index (χ1n) is 7.35. The zero-order valence-corrected chi connectivity index (χ0v) is 13.0. The van der Waals surface area contributed by atoms with Crippen LogP contribution in [0.25, 0.3) is 11.3 Å². The molecule has 0 radical (unpaired) electrons. The summed E-state index contributed by atoms with van der Waals surface area (Å²) in [5.74, 6) is -0.772. The van der Waals surface area contributed by atoms with Gasteiger partial charge in [-0.15, -0.1) is 0 Å². The van der Waals surface area contributed by atoms with Gasteiger partial charge in [-0.2, -0.15) is 0 Å². The van der Waals surface area contributed by atoms with E-state index in [1.165, 1.54) is 25.1 Å². The van der Waals surface area contributed by atoms with Gasteiger partial charge >= 0.3 is 5.63 Å². The van der Waals surface area contributed by atoms with Crippen LogP contribution >= 0.6 is 0 Å². The van der Waals surface area contributed by atoms with Gasteiger partial charge in [0.25, 0.3) is 0 Å². The van der Waals surface area contributed by atoms with Crippen LogP contribution in [0, 0.1) is 12.7 Å². The molecule has 24 heavy (non-hydrogen) atoms. The highest BCUT2D eigenvalue weighted by atomic mass is 19.1. The van der Waals surface area contributed by atoms with Gasteiger partial charge < -0.3 is 14.3 Å². The van der Waals surface area contributed by atoms with Crippen LogP contribution in [-0.4, -0.2) is 5.11 Å². The van der Waals surface area contributed by atoms with Gasteiger partial charge in [0, 0.05) is 5.56 Å². The Labute approximate surface area is 137 Å². The lowest BCUT2D eigenvalue weighted by Crippen LogP contribution is -2.07. The van der Waals surface area contributed by atoms with Crippen molar-refractivity contribution in [2.24, 2.45) is 0 Å². The molecule has 0 fully saturated rings. The lowest BCUT2D eigenvalue weighted by atomic mass is 10.1. The predicted octanol–water partition coefficient (Wildman–Crippen LogP) is 4.04. The maximum absolute atomic E-state index is 13.5. The molecule has 3 aromatic rings. The third-order valence-electron chi connectivity index (χ3n) is 3.59. The molecule has 0 aliphatic rings. The fraction of sp³-hybridized carbons (Fsp3) is 0.105. The Morgan fingerprint density at radius 2 is 1.88 bits per heavy atom. The fourth-order valence-electron chi connectivity index (χ4n) is 2.27. The molecule has 0 amide bonds. The first-order chi connectivity index (χ1) is 11.6. The third-order valence-corrected chi connectivity index (χ3v) is 3.59. The molecule has 1 N–H and O–H groups in total. The molecule has 1 aromatic heterocycles. The molecule has 0 aliphatic carbocycles. The van der Waals surface area contributed by atoms with Crippen molar-refractivity contribution in [2.45, 2.75) is 13.5 Å². The summed E-state index contributed by atoms with van der Waals surface area (Å²) in [5, 5.41) is 10.3. The van der Waals surface area contributed by atoms with Crippen LogP contribution in [0.5, 0.6) is 11.5 Å². The molecule has 0 saturated carbocycles. The van der Waals surface area contributed by atoms with Gasteiger partial charge in [0.15, 0.2) is 11.5 Å². The van der Waals surface area contributed by atoms with Gasteiger partial charge in [0.2, 0.25) is 5.75 Å². The molecule has 0 aliphatic heterocycles. The van der Waals surface area contributed by atoms with E-state index >= 15 is 0 Å². The van der Waals surface area contributed by atoms with E-state index in [-0.39, 0.29) is 29.4 Å². The number of aromatic hydroxyl groups is 1. The van der Waals surface area contributed by atoms with E-state index in [0.29, 0.717) is 5.56 Å². The summed E-state index contributed by atoms with van der Waals surface area (Å²) < 4.78 is 24.4. The van der Waals surface area contributed by atoms with E-state index in [2.05, 4.69) is 0 Å². The highest BCUT2D eigenvalue weighted by Crippen LogP contribution is 2.38. The molecule has 0 saturated heterocycles. The zero-order valence-electron chi connectivity index (χ0n) is 13.0. The first kappa shape index (κ1) is 15.8. The molecule has 5 heteroatoms. The van der Waals surface area contributed by atoms with E-state index in [9.17, 15) is 14.3 Å². The highest BCUT2D eigenvalue weighted by molar-refractivity contribution is 5.68. The monoisotopic (exact) mass is 326 g/mol. The molecule has 122 valence electrons. The van der Waals surface area contributed by atoms with Gasteiger partial charge in [-0.3, -0.25) is 0 Å². The number of ether oxygens (including phenoxy) is 1. The average molecular weight is 326 g/mol. The molecule has 2 aromatic carbocycles. The van der Waals surface area contributed by atoms with Crippen molar-refractivity contribution in [1.82, 2.24) is 0 Å². The van der Waals surface area contributed by atoms with Crippen molar-refractivity contribution in [1.29, 1.82) is 0 Å². The summed E-state index contributed by atoms with van der Waals surface area (Å²) in [6.07, 6.45) is 0. The van der Waals surface area contributed by atoms with Gasteiger partial charge in [-0.05, 0) is 24.6 Å². The lowest BCUT2D eigenvalue weighted by molar-refractivity contribution is 0.277. The van der Waals surface area contributed by atoms with Crippen LogP contribution in [0.3, 0.4) is 0 Å². The molecule has 0 atom stereocenters. The van der Waals surface area contributed by atoms with Crippen molar-refractivity contribution in [3.8, 4) is 22.8 Å². The van der Waals surface area contributed by atoms with Crippen molar-refractivity contribution < 1.29 is 18.7 Å². The lowest BCUT2D eigenvalue weighted by Gasteiger charge is -2.13. The van der Waals surface area contributed by atoms with Gasteiger partial charge in [-0.1, -0.05) is 42.5 Å². The number of hydrogen-bond acceptors (Lipinski definition) is 4. The number of hydrogen-bond donors (Lipinski definition) is 1. The summed E-state index contributed by atoms with van der Waals surface area (Å²) in [6.45, 7) is 1.61. The minimum absolute atomic E-state index is 0.00136. The quantitative estimate of drug-likeness (QED) is 0.786. The topological polar surface area (TPSA) is 59.7 Å². The van der Waals surface area contributed by atoms with E-state index in [1.54, 1.807) is 6.07 Å². The summed E-state index contributed by atoms with van der Waals surface area (Å²) in [7, 11) is 0. The summed E-state index contributed by atoms with van der Waals surface area (Å²) in [6, 6.07) is 14.9. The van der Waals surface area contributed by atoms with E-state index in [1.807, 2.05) is 30.3 Å². The largest absolute Gasteiger partial charge is 0.504 e. The van der Waals surface area contributed by atoms with Crippen LogP contribution in [0.1, 0.15) is 11.1 Å². The Bertz CT molecular complexity index is 916. The molecule has 0 bridgehead atoms. The van der Waals surface area contributed by atoms with E-state index in [4.69, 9.17) is 9.15 Å². The summed E-state index contributed by atoms with van der Waals surface area (Å²) in [4.78, 5) is 11.9. The molecule has 3 rings (SSSR count). The third kappa shape index (κ3) is 3.15. The maximum atomic E-state index is 13.5. The molecule has 0 unspecified atom stereocenters. The summed E-state index contributed by atoms with van der Waals surface area (Å²) >= 11 is 0. The standard InChI is InChI=1S/C19H15FO4/c1-12-16(21)18(23-11-13-6-3-2-4-7-13)17(24-19(12)22)14-8-5-9-15(20)10-14/h2-10,21H,11H2,1H3. The molecular weight excluding hydrogens is 311 g/mol. The Morgan fingerprint density at radius 3 is 2.58 bits per heavy atom. The number of rotatable bonds is 4. The van der Waals surface area contributed by atoms with E-state index < -0.39 is 11.4 Å². The molecule has 0 spiro atoms. The predicted molar refractivity (Wildman–Crippen MR) is 87.5 cm³/mol. The Morgan fingerprint density at radius 1 is 1.12 bits per heavy atom. The average Bonchev–Trinajstić information content (AvgIpc) is 2.59. The normalized spacial score (nSPS) is 10.6. The van der Waals surface area contributed by atoms with Gasteiger partial charge in [0.05, 0.1) is 5.56 Å². The fourth-order valence-corrected chi connectivity index (χ4v) is 2.27. The molecule has 1 heterocycles. The second-order valence-electron chi connectivity index (χ2n) is 5.31. The van der Waals surface area contributed by atoms with Crippen molar-refractivity contribution in [3.05, 3.63) is 82.0 Å². The second-order valence-corrected chi connectivity index (χ2v) is 5.31. The van der Waals surface area contributed by atoms with Gasteiger partial charge in [0.1, 0.15) is 12.4 Å². The first-order valence-corrected chi connectivity index (χ1v) is 7.35. The van der Waals surface area contributed by atoms with Crippen molar-refractivity contribution in [3.63, 3.8) is 0 Å². The van der Waals surface area contributed by atoms with Crippen LogP contribution in [-0.2, 0) is 6.61 Å². The van der Waals surface area contributed by atoms with E-state index in [0.717, 1.165) is 5.56 Å². The number of benzene rings is 2. The molecular formula is C19H15FO4. The van der Waals surface area contributed by atoms with Gasteiger partial charge in [-0.25, -0.2) is 9.18 Å². The Balaban J connectivity index is 2.06. The Kier molecular flexibility index (Phi) is 4.33. The summed E-state index contributed by atoms with van der Waals surface area (Å²) in [5.41, 5.74) is 0.536. The highest BCUT2D eigenvalue weighted by Gasteiger charge is 2.20. The van der Waals surface area contributed by atoms with Crippen LogP contribution in [0.2, 0.25) is 0 Å². The van der Waals surface area contributed by atoms with Crippen LogP contribution in [0.4, 0.5) is 4.39 Å². The number of halogens is 1. The molecule has 4 nitrogen and oxygen atoms in total. The van der Waals surface area contributed by atoms with Crippen molar-refractivity contribution >= 4 is 0 Å². The minimum Gasteiger partial charge on any atom is -0.504 e. The zero-order chi connectivity index (χ0) is 17.1. The minimum atomic E-state index is -0.696.